The Bertz CT molecular complexity index is 417. The van der Waals surface area contributed by atoms with Gasteiger partial charge in [-0.15, -0.1) is 11.8 Å². The Labute approximate surface area is 100 Å². The van der Waals surface area contributed by atoms with Gasteiger partial charge in [-0.25, -0.2) is 0 Å². The smallest absolute Gasteiger partial charge is 0.165 e. The molecule has 0 amide bonds. The van der Waals surface area contributed by atoms with Gasteiger partial charge in [-0.1, -0.05) is 27.5 Å². The Balaban J connectivity index is 2.73. The van der Waals surface area contributed by atoms with Gasteiger partial charge in [0.1, 0.15) is 0 Å². The summed E-state index contributed by atoms with van der Waals surface area (Å²) in [5.41, 5.74) is 1.81. The number of hydrogen-bond donors (Lipinski definition) is 0. The van der Waals surface area contributed by atoms with Crippen LogP contribution in [0.4, 0.5) is 0 Å². The summed E-state index contributed by atoms with van der Waals surface area (Å²) < 4.78 is 0.914. The Morgan fingerprint density at radius 1 is 1.57 bits per heavy atom. The topological polar surface area (TPSA) is 17.1 Å². The molecule has 1 aromatic rings. The molecule has 0 radical (unpaired) electrons. The van der Waals surface area contributed by atoms with Crippen molar-refractivity contribution in [1.29, 1.82) is 0 Å². The normalized spacial score (nSPS) is 15.5. The van der Waals surface area contributed by atoms with E-state index in [1.165, 1.54) is 0 Å². The van der Waals surface area contributed by atoms with Crippen LogP contribution in [0.1, 0.15) is 22.3 Å². The quantitative estimate of drug-likeness (QED) is 0.716. The predicted molar refractivity (Wildman–Crippen MR) is 63.6 cm³/mol. The number of thioether (sulfide) groups is 1. The van der Waals surface area contributed by atoms with Gasteiger partial charge in [0, 0.05) is 27.1 Å². The molecule has 0 unspecified atom stereocenters. The molecule has 1 aliphatic heterocycles. The van der Waals surface area contributed by atoms with Crippen LogP contribution in [0.25, 0.3) is 0 Å². The molecule has 4 heteroatoms. The molecule has 0 aromatic heterocycles. The van der Waals surface area contributed by atoms with Gasteiger partial charge in [-0.2, -0.15) is 0 Å². The lowest BCUT2D eigenvalue weighted by Gasteiger charge is -2.18. The largest absolute Gasteiger partial charge is 0.294 e. The van der Waals surface area contributed by atoms with Gasteiger partial charge < -0.3 is 0 Å². The summed E-state index contributed by atoms with van der Waals surface area (Å²) in [5, 5.41) is 0.676. The first kappa shape index (κ1) is 10.5. The second-order valence-corrected chi connectivity index (χ2v) is 5.56. The predicted octanol–water partition coefficient (Wildman–Crippen LogP) is 4.09. The van der Waals surface area contributed by atoms with E-state index in [4.69, 9.17) is 11.6 Å². The third-order valence-corrected chi connectivity index (χ3v) is 4.64. The summed E-state index contributed by atoms with van der Waals surface area (Å²) in [5.74, 6) is 1.05. The minimum absolute atomic E-state index is 0.208. The fourth-order valence-corrected chi connectivity index (χ4v) is 3.57. The van der Waals surface area contributed by atoms with Crippen molar-refractivity contribution in [2.24, 2.45) is 0 Å². The van der Waals surface area contributed by atoms with E-state index in [9.17, 15) is 4.79 Å². The van der Waals surface area contributed by atoms with Gasteiger partial charge in [-0.3, -0.25) is 4.79 Å². The first-order chi connectivity index (χ1) is 6.61. The van der Waals surface area contributed by atoms with Gasteiger partial charge >= 0.3 is 0 Å². The number of rotatable bonds is 0. The number of hydrogen-bond acceptors (Lipinski definition) is 2. The average Bonchev–Trinajstić information content (AvgIpc) is 2.14. The minimum Gasteiger partial charge on any atom is -0.294 e. The number of carbonyl (C=O) groups is 1. The highest BCUT2D eigenvalue weighted by molar-refractivity contribution is 9.10. The summed E-state index contributed by atoms with van der Waals surface area (Å²) in [4.78, 5) is 12.7. The van der Waals surface area contributed by atoms with Gasteiger partial charge in [0.2, 0.25) is 0 Å². The fraction of sp³-hybridized carbons (Fsp3) is 0.300. The lowest BCUT2D eigenvalue weighted by Crippen LogP contribution is -2.11. The van der Waals surface area contributed by atoms with Crippen LogP contribution in [0.3, 0.4) is 0 Å². The van der Waals surface area contributed by atoms with Crippen LogP contribution >= 0.6 is 39.3 Å². The molecular formula is C10H8BrClOS. The molecule has 14 heavy (non-hydrogen) atoms. The maximum atomic E-state index is 11.7. The van der Waals surface area contributed by atoms with E-state index in [0.717, 1.165) is 26.2 Å². The van der Waals surface area contributed by atoms with Crippen LogP contribution in [0.15, 0.2) is 15.4 Å². The maximum Gasteiger partial charge on any atom is 0.165 e. The summed E-state index contributed by atoms with van der Waals surface area (Å²) in [7, 11) is 0. The van der Waals surface area contributed by atoms with Crippen LogP contribution in [-0.2, 0) is 0 Å². The number of ketones is 1. The van der Waals surface area contributed by atoms with Crippen LogP contribution in [0, 0.1) is 6.92 Å². The van der Waals surface area contributed by atoms with Crippen molar-refractivity contribution in [2.45, 2.75) is 18.2 Å². The molecule has 0 fully saturated rings. The van der Waals surface area contributed by atoms with Crippen molar-refractivity contribution >= 4 is 45.1 Å². The van der Waals surface area contributed by atoms with Crippen molar-refractivity contribution in [1.82, 2.24) is 0 Å². The van der Waals surface area contributed by atoms with Crippen LogP contribution in [0.5, 0.6) is 0 Å². The second-order valence-electron chi connectivity index (χ2n) is 3.19. The Kier molecular flexibility index (Phi) is 2.91. The van der Waals surface area contributed by atoms with Crippen molar-refractivity contribution in [3.05, 3.63) is 26.7 Å². The molecule has 1 aromatic carbocycles. The van der Waals surface area contributed by atoms with E-state index in [1.807, 2.05) is 13.0 Å². The van der Waals surface area contributed by atoms with E-state index in [-0.39, 0.29) is 5.78 Å². The zero-order valence-electron chi connectivity index (χ0n) is 7.56. The van der Waals surface area contributed by atoms with E-state index in [1.54, 1.807) is 11.8 Å². The first-order valence-corrected chi connectivity index (χ1v) is 6.41. The Hall–Kier alpha value is 0.01000. The van der Waals surface area contributed by atoms with E-state index in [2.05, 4.69) is 15.9 Å². The van der Waals surface area contributed by atoms with Gasteiger partial charge in [0.15, 0.2) is 5.78 Å². The number of fused-ring (bicyclic) bond motifs is 1. The average molecular weight is 292 g/mol. The highest BCUT2D eigenvalue weighted by Crippen LogP contribution is 2.40. The highest BCUT2D eigenvalue weighted by Gasteiger charge is 2.23. The van der Waals surface area contributed by atoms with Crippen LogP contribution < -0.4 is 0 Å². The number of halogens is 2. The molecule has 0 atom stereocenters. The van der Waals surface area contributed by atoms with Crippen LogP contribution in [0.2, 0.25) is 5.02 Å². The minimum atomic E-state index is 0.208. The molecule has 0 N–H and O–H groups in total. The third-order valence-electron chi connectivity index (χ3n) is 2.29. The van der Waals surface area contributed by atoms with E-state index in [0.29, 0.717) is 11.4 Å². The molecular weight excluding hydrogens is 284 g/mol. The Morgan fingerprint density at radius 2 is 2.29 bits per heavy atom. The number of carbonyl (C=O) groups excluding carboxylic acids is 1. The zero-order valence-corrected chi connectivity index (χ0v) is 10.7. The molecule has 1 nitrogen and oxygen atoms in total. The highest BCUT2D eigenvalue weighted by atomic mass is 79.9. The molecule has 74 valence electrons. The van der Waals surface area contributed by atoms with Gasteiger partial charge in [-0.05, 0) is 18.6 Å². The SMILES string of the molecule is Cc1c(Br)cc(Cl)c2c1C(=O)CCS2. The lowest BCUT2D eigenvalue weighted by molar-refractivity contribution is 0.0984. The second kappa shape index (κ2) is 3.87. The van der Waals surface area contributed by atoms with Gasteiger partial charge in [0.05, 0.1) is 5.02 Å². The molecule has 1 aliphatic rings. The zero-order chi connectivity index (χ0) is 10.3. The maximum absolute atomic E-state index is 11.7. The molecule has 0 aliphatic carbocycles. The van der Waals surface area contributed by atoms with E-state index >= 15 is 0 Å². The molecule has 2 rings (SSSR count). The number of Topliss-reactive ketones (excluding diaryl/α,β-unsaturated/α-hetero) is 1. The molecule has 0 spiro atoms. The van der Waals surface area contributed by atoms with Crippen LogP contribution in [-0.4, -0.2) is 11.5 Å². The molecule has 0 bridgehead atoms. The first-order valence-electron chi connectivity index (χ1n) is 4.26. The van der Waals surface area contributed by atoms with Crippen molar-refractivity contribution in [3.8, 4) is 0 Å². The summed E-state index contributed by atoms with van der Waals surface area (Å²) in [6.45, 7) is 1.95. The monoisotopic (exact) mass is 290 g/mol. The third kappa shape index (κ3) is 1.62. The van der Waals surface area contributed by atoms with Crippen molar-refractivity contribution in [2.75, 3.05) is 5.75 Å². The Morgan fingerprint density at radius 3 is 3.00 bits per heavy atom. The molecule has 0 saturated carbocycles. The van der Waals surface area contributed by atoms with Gasteiger partial charge in [0.25, 0.3) is 0 Å². The fourth-order valence-electron chi connectivity index (χ4n) is 1.54. The van der Waals surface area contributed by atoms with Crippen molar-refractivity contribution < 1.29 is 4.79 Å². The molecule has 0 saturated heterocycles. The lowest BCUT2D eigenvalue weighted by atomic mass is 10.0. The standard InChI is InChI=1S/C10H8BrClOS/c1-5-6(11)4-7(12)10-9(5)8(13)2-3-14-10/h4H,2-3H2,1H3. The number of benzene rings is 1. The molecule has 1 heterocycles. The summed E-state index contributed by atoms with van der Waals surface area (Å²) >= 11 is 11.2. The van der Waals surface area contributed by atoms with Crippen molar-refractivity contribution in [3.63, 3.8) is 0 Å². The van der Waals surface area contributed by atoms with E-state index < -0.39 is 0 Å². The summed E-state index contributed by atoms with van der Waals surface area (Å²) in [6.07, 6.45) is 0.616. The summed E-state index contributed by atoms with van der Waals surface area (Å²) in [6, 6.07) is 1.86.